The van der Waals surface area contributed by atoms with Gasteiger partial charge in [0, 0.05) is 28.9 Å². The molecule has 0 aliphatic rings. The van der Waals surface area contributed by atoms with E-state index >= 15 is 0 Å². The van der Waals surface area contributed by atoms with E-state index in [2.05, 4.69) is 12.1 Å². The summed E-state index contributed by atoms with van der Waals surface area (Å²) in [6, 6.07) is 22.0. The molecule has 4 rings (SSSR count). The fraction of sp³-hybridized carbons (Fsp3) is 0.0909. The summed E-state index contributed by atoms with van der Waals surface area (Å²) in [6.07, 6.45) is 0. The molecule has 4 aromatic rings. The average molecular weight is 372 g/mol. The van der Waals surface area contributed by atoms with Gasteiger partial charge >= 0.3 is 5.97 Å². The Morgan fingerprint density at radius 2 is 1.70 bits per heavy atom. The number of benzene rings is 3. The van der Waals surface area contributed by atoms with Gasteiger partial charge in [-0.3, -0.25) is 4.79 Å². The third-order valence-electron chi connectivity index (χ3n) is 4.70. The minimum absolute atomic E-state index is 0.00856. The largest absolute Gasteiger partial charge is 0.481 e. The number of nitriles is 1. The second-order valence-electron chi connectivity index (χ2n) is 6.26. The molecule has 0 atom stereocenters. The Morgan fingerprint density at radius 3 is 2.41 bits per heavy atom. The van der Waals surface area contributed by atoms with Crippen molar-refractivity contribution in [2.45, 2.75) is 5.03 Å². The summed E-state index contributed by atoms with van der Waals surface area (Å²) in [4.78, 5) is 11.2. The lowest BCUT2D eigenvalue weighted by Gasteiger charge is -2.11. The lowest BCUT2D eigenvalue weighted by atomic mass is 9.95. The highest BCUT2D eigenvalue weighted by molar-refractivity contribution is 8.00. The second-order valence-corrected chi connectivity index (χ2v) is 7.22. The maximum absolute atomic E-state index is 11.2. The molecule has 0 unspecified atom stereocenters. The van der Waals surface area contributed by atoms with Crippen molar-refractivity contribution < 1.29 is 9.90 Å². The maximum Gasteiger partial charge on any atom is 0.313 e. The summed E-state index contributed by atoms with van der Waals surface area (Å²) >= 11 is 1.32. The number of aromatic nitrogens is 1. The number of aryl methyl sites for hydroxylation is 1. The van der Waals surface area contributed by atoms with Gasteiger partial charge < -0.3 is 9.67 Å². The SMILES string of the molecule is Cn1c(SCC(=O)O)c(-c2ccc(C#N)c3ccccc23)c2ccccc21. The summed E-state index contributed by atoms with van der Waals surface area (Å²) in [6.45, 7) is 0. The number of aliphatic carboxylic acids is 1. The zero-order valence-electron chi connectivity index (χ0n) is 14.6. The highest BCUT2D eigenvalue weighted by Gasteiger charge is 2.20. The predicted molar refractivity (Wildman–Crippen MR) is 109 cm³/mol. The first-order chi connectivity index (χ1) is 13.1. The molecule has 0 saturated heterocycles. The zero-order valence-corrected chi connectivity index (χ0v) is 15.5. The van der Waals surface area contributed by atoms with E-state index in [4.69, 9.17) is 0 Å². The molecule has 3 aromatic carbocycles. The number of carboxylic acids is 1. The molecule has 0 aliphatic heterocycles. The van der Waals surface area contributed by atoms with Gasteiger partial charge in [0.25, 0.3) is 0 Å². The van der Waals surface area contributed by atoms with Crippen molar-refractivity contribution in [3.63, 3.8) is 0 Å². The minimum atomic E-state index is -0.846. The van der Waals surface area contributed by atoms with E-state index < -0.39 is 5.97 Å². The number of nitrogens with zero attached hydrogens (tertiary/aromatic N) is 2. The van der Waals surface area contributed by atoms with Gasteiger partial charge in [-0.15, -0.1) is 0 Å². The molecule has 27 heavy (non-hydrogen) atoms. The third kappa shape index (κ3) is 2.84. The minimum Gasteiger partial charge on any atom is -0.481 e. The van der Waals surface area contributed by atoms with Gasteiger partial charge in [-0.1, -0.05) is 60.3 Å². The molecule has 0 fully saturated rings. The lowest BCUT2D eigenvalue weighted by Crippen LogP contribution is -2.00. The quantitative estimate of drug-likeness (QED) is 0.509. The number of para-hydroxylation sites is 1. The van der Waals surface area contributed by atoms with Crippen LogP contribution in [0.2, 0.25) is 0 Å². The van der Waals surface area contributed by atoms with Crippen LogP contribution in [0, 0.1) is 11.3 Å². The van der Waals surface area contributed by atoms with Gasteiger partial charge in [-0.25, -0.2) is 0 Å². The van der Waals surface area contributed by atoms with Crippen LogP contribution in [-0.2, 0) is 11.8 Å². The van der Waals surface area contributed by atoms with Gasteiger partial charge in [0.15, 0.2) is 0 Å². The monoisotopic (exact) mass is 372 g/mol. The summed E-state index contributed by atoms with van der Waals surface area (Å²) in [7, 11) is 1.96. The summed E-state index contributed by atoms with van der Waals surface area (Å²) in [5.74, 6) is -0.855. The summed E-state index contributed by atoms with van der Waals surface area (Å²) in [5.41, 5.74) is 3.71. The second kappa shape index (κ2) is 6.82. The number of hydrogen-bond donors (Lipinski definition) is 1. The Hall–Kier alpha value is -3.23. The van der Waals surface area contributed by atoms with E-state index in [1.807, 2.05) is 66.2 Å². The number of fused-ring (bicyclic) bond motifs is 2. The molecule has 132 valence electrons. The predicted octanol–water partition coefficient (Wildman–Crippen LogP) is 5.05. The van der Waals surface area contributed by atoms with Gasteiger partial charge in [0.05, 0.1) is 22.4 Å². The smallest absolute Gasteiger partial charge is 0.313 e. The molecule has 0 radical (unpaired) electrons. The Bertz CT molecular complexity index is 1230. The van der Waals surface area contributed by atoms with Crippen LogP contribution in [0.4, 0.5) is 0 Å². The highest BCUT2D eigenvalue weighted by atomic mass is 32.2. The van der Waals surface area contributed by atoms with E-state index in [-0.39, 0.29) is 5.75 Å². The van der Waals surface area contributed by atoms with Crippen molar-refractivity contribution in [3.8, 4) is 17.2 Å². The van der Waals surface area contributed by atoms with Gasteiger partial charge in [-0.2, -0.15) is 5.26 Å². The molecule has 0 spiro atoms. The van der Waals surface area contributed by atoms with E-state index in [0.29, 0.717) is 5.56 Å². The maximum atomic E-state index is 11.2. The fourth-order valence-corrected chi connectivity index (χ4v) is 4.46. The normalized spacial score (nSPS) is 11.0. The lowest BCUT2D eigenvalue weighted by molar-refractivity contribution is -0.133. The molecule has 1 aromatic heterocycles. The van der Waals surface area contributed by atoms with E-state index in [9.17, 15) is 15.2 Å². The van der Waals surface area contributed by atoms with Gasteiger partial charge in [0.2, 0.25) is 0 Å². The Labute approximate surface area is 160 Å². The number of thioether (sulfide) groups is 1. The summed E-state index contributed by atoms with van der Waals surface area (Å²) in [5, 5.41) is 22.5. The van der Waals surface area contributed by atoms with Crippen molar-refractivity contribution >= 4 is 39.4 Å². The van der Waals surface area contributed by atoms with E-state index in [1.54, 1.807) is 0 Å². The third-order valence-corrected chi connectivity index (χ3v) is 5.84. The first kappa shape index (κ1) is 17.2. The number of hydrogen-bond acceptors (Lipinski definition) is 3. The van der Waals surface area contributed by atoms with Crippen LogP contribution in [0.25, 0.3) is 32.8 Å². The Kier molecular flexibility index (Phi) is 4.35. The van der Waals surface area contributed by atoms with Crippen LogP contribution in [0.3, 0.4) is 0 Å². The Balaban J connectivity index is 2.08. The highest BCUT2D eigenvalue weighted by Crippen LogP contribution is 2.42. The van der Waals surface area contributed by atoms with Crippen molar-refractivity contribution in [1.29, 1.82) is 5.26 Å². The van der Waals surface area contributed by atoms with Crippen LogP contribution in [0.15, 0.2) is 65.7 Å². The van der Waals surface area contributed by atoms with Crippen molar-refractivity contribution in [3.05, 3.63) is 66.2 Å². The first-order valence-electron chi connectivity index (χ1n) is 8.46. The molecule has 4 nitrogen and oxygen atoms in total. The molecule has 0 saturated carbocycles. The fourth-order valence-electron chi connectivity index (χ4n) is 3.54. The molecular formula is C22H16N2O2S. The molecule has 0 aliphatic carbocycles. The standard InChI is InChI=1S/C22H16N2O2S/c1-24-19-9-5-4-8-18(19)21(22(24)27-13-20(25)26)17-11-10-14(12-23)15-6-2-3-7-16(15)17/h2-11H,13H2,1H3,(H,25,26). The van der Waals surface area contributed by atoms with Crippen LogP contribution >= 0.6 is 11.8 Å². The van der Waals surface area contributed by atoms with Gasteiger partial charge in [0.1, 0.15) is 0 Å². The van der Waals surface area contributed by atoms with Crippen LogP contribution in [-0.4, -0.2) is 21.4 Å². The number of carbonyl (C=O) groups is 1. The van der Waals surface area contributed by atoms with E-state index in [1.165, 1.54) is 11.8 Å². The molecular weight excluding hydrogens is 356 g/mol. The van der Waals surface area contributed by atoms with Gasteiger partial charge in [-0.05, 0) is 23.1 Å². The molecule has 1 heterocycles. The van der Waals surface area contributed by atoms with Crippen LogP contribution < -0.4 is 0 Å². The topological polar surface area (TPSA) is 66.0 Å². The average Bonchev–Trinajstić information content (AvgIpc) is 2.97. The van der Waals surface area contributed by atoms with Crippen LogP contribution in [0.5, 0.6) is 0 Å². The number of carboxylic acid groups (broad SMARTS) is 1. The first-order valence-corrected chi connectivity index (χ1v) is 9.44. The molecule has 0 amide bonds. The Morgan fingerprint density at radius 1 is 1.04 bits per heavy atom. The molecule has 0 bridgehead atoms. The molecule has 5 heteroatoms. The van der Waals surface area contributed by atoms with Crippen LogP contribution in [0.1, 0.15) is 5.56 Å². The van der Waals surface area contributed by atoms with Crippen molar-refractivity contribution in [2.75, 3.05) is 5.75 Å². The van der Waals surface area contributed by atoms with Crippen molar-refractivity contribution in [1.82, 2.24) is 4.57 Å². The van der Waals surface area contributed by atoms with Crippen molar-refractivity contribution in [2.24, 2.45) is 7.05 Å². The zero-order chi connectivity index (χ0) is 19.0. The summed E-state index contributed by atoms with van der Waals surface area (Å²) < 4.78 is 2.05. The molecule has 1 N–H and O–H groups in total. The van der Waals surface area contributed by atoms with E-state index in [0.717, 1.165) is 37.8 Å². The number of rotatable bonds is 4.